The van der Waals surface area contributed by atoms with Crippen molar-refractivity contribution < 1.29 is 48.0 Å². The Morgan fingerprint density at radius 2 is 1.22 bits per heavy atom. The molecule has 0 aliphatic carbocycles. The predicted octanol–water partition coefficient (Wildman–Crippen LogP) is -0.915. The summed E-state index contributed by atoms with van der Waals surface area (Å²) in [5, 5.41) is -4.42. The minimum Gasteiger partial charge on any atom is -0.351 e. The molecule has 0 saturated heterocycles. The molecule has 0 amide bonds. The van der Waals surface area contributed by atoms with Gasteiger partial charge in [-0.1, -0.05) is 8.01 Å². The minimum atomic E-state index is -6.75. The molecule has 0 unspecified atom stereocenters. The van der Waals surface area contributed by atoms with Gasteiger partial charge >= 0.3 is 31.9 Å². The van der Waals surface area contributed by atoms with Gasteiger partial charge < -0.3 is 5.32 Å². The van der Waals surface area contributed by atoms with E-state index >= 15 is 0 Å². The van der Waals surface area contributed by atoms with Crippen LogP contribution in [0.25, 0.3) is 0 Å². The maximum atomic E-state index is 12.0. The summed E-state index contributed by atoms with van der Waals surface area (Å²) in [7, 11) is -8.99. The van der Waals surface area contributed by atoms with E-state index in [1.54, 1.807) is 0 Å². The zero-order valence-electron chi connectivity index (χ0n) is 8.79. The number of hydrogen-bond acceptors (Lipinski definition) is 4. The molecule has 3 N–H and O–H groups in total. The molecule has 112 valence electrons. The summed E-state index contributed by atoms with van der Waals surface area (Å²) >= 11 is 0. The van der Waals surface area contributed by atoms with E-state index in [9.17, 15) is 42.7 Å². The van der Waals surface area contributed by atoms with Gasteiger partial charge in [-0.2, -0.15) is 30.4 Å². The standard InChI is InChI=1S/C2HF6NO4S2.C2H7N/c3-1(4,5)2(6,7)14(10,11)9-15(8,12)13;1-3-2/h9H;3H,1-2H3/p+1. The quantitative estimate of drug-likeness (QED) is 0.518. The van der Waals surface area contributed by atoms with Crippen LogP contribution in [0.4, 0.5) is 25.8 Å². The first-order chi connectivity index (χ1) is 7.62. The van der Waals surface area contributed by atoms with Crippen LogP contribution >= 0.6 is 0 Å². The molecule has 0 fully saturated rings. The van der Waals surface area contributed by atoms with E-state index in [1.165, 1.54) is 0 Å². The highest BCUT2D eigenvalue weighted by Gasteiger charge is 2.68. The van der Waals surface area contributed by atoms with Gasteiger partial charge in [0.1, 0.15) is 0 Å². The van der Waals surface area contributed by atoms with Crippen LogP contribution in [0.5, 0.6) is 0 Å². The highest BCUT2D eigenvalue weighted by atomic mass is 32.3. The Morgan fingerprint density at radius 3 is 1.39 bits per heavy atom. The molecule has 0 aromatic carbocycles. The molecule has 14 heteroatoms. The Morgan fingerprint density at radius 1 is 0.944 bits per heavy atom. The number of hydrogen-bond donors (Lipinski definition) is 2. The summed E-state index contributed by atoms with van der Waals surface area (Å²) < 4.78 is 109. The Hall–Kier alpha value is -0.600. The Labute approximate surface area is 98.7 Å². The zero-order chi connectivity index (χ0) is 15.4. The van der Waals surface area contributed by atoms with Crippen LogP contribution in [0.2, 0.25) is 0 Å². The fraction of sp³-hybridized carbons (Fsp3) is 1.00. The van der Waals surface area contributed by atoms with E-state index < -0.39 is 36.0 Å². The first kappa shape index (κ1) is 19.7. The second kappa shape index (κ2) is 6.03. The molecule has 0 aliphatic rings. The van der Waals surface area contributed by atoms with Crippen molar-refractivity contribution in [1.29, 1.82) is 0 Å². The van der Waals surface area contributed by atoms with Crippen molar-refractivity contribution in [2.75, 3.05) is 14.1 Å². The molecule has 0 aromatic rings. The predicted molar refractivity (Wildman–Crippen MR) is 46.9 cm³/mol. The van der Waals surface area contributed by atoms with Gasteiger partial charge in [0.15, 0.2) is 0 Å². The van der Waals surface area contributed by atoms with Gasteiger partial charge in [-0.25, -0.2) is 8.42 Å². The van der Waals surface area contributed by atoms with Crippen molar-refractivity contribution in [3.63, 3.8) is 0 Å². The van der Waals surface area contributed by atoms with Crippen molar-refractivity contribution >= 4 is 20.4 Å². The van der Waals surface area contributed by atoms with Crippen LogP contribution in [-0.2, 0) is 20.4 Å². The van der Waals surface area contributed by atoms with Gasteiger partial charge in [-0.3, -0.25) is 0 Å². The summed E-state index contributed by atoms with van der Waals surface area (Å²) in [6, 6.07) is 0. The van der Waals surface area contributed by atoms with Gasteiger partial charge in [0.2, 0.25) is 0 Å². The van der Waals surface area contributed by atoms with E-state index in [0.717, 1.165) is 0 Å². The zero-order valence-corrected chi connectivity index (χ0v) is 10.4. The lowest BCUT2D eigenvalue weighted by molar-refractivity contribution is -0.597. The van der Waals surface area contributed by atoms with Crippen LogP contribution in [-0.4, -0.2) is 42.4 Å². The van der Waals surface area contributed by atoms with Crippen LogP contribution < -0.4 is 9.44 Å². The van der Waals surface area contributed by atoms with Crippen molar-refractivity contribution in [2.45, 2.75) is 11.4 Å². The summed E-state index contributed by atoms with van der Waals surface area (Å²) in [4.78, 5) is 0. The highest BCUT2D eigenvalue weighted by molar-refractivity contribution is 8.03. The van der Waals surface area contributed by atoms with Gasteiger partial charge in [0.25, 0.3) is 0 Å². The van der Waals surface area contributed by atoms with Crippen LogP contribution in [0.1, 0.15) is 0 Å². The molecular weight excluding hydrogens is 318 g/mol. The Balaban J connectivity index is 0. The molecular formula is C4H9F6N2O4S2+. The summed E-state index contributed by atoms with van der Waals surface area (Å²) in [6.07, 6.45) is -6.57. The number of nitrogens with two attached hydrogens (primary N) is 1. The first-order valence-corrected chi connectivity index (χ1v) is 6.65. The van der Waals surface area contributed by atoms with Gasteiger partial charge in [-0.05, 0) is 0 Å². The monoisotopic (exact) mass is 327 g/mol. The van der Waals surface area contributed by atoms with E-state index in [2.05, 4.69) is 0 Å². The highest BCUT2D eigenvalue weighted by Crippen LogP contribution is 2.39. The molecule has 0 aromatic heterocycles. The smallest absolute Gasteiger partial charge is 0.351 e. The summed E-state index contributed by atoms with van der Waals surface area (Å²) in [5.41, 5.74) is 0. The Kier molecular flexibility index (Phi) is 6.61. The summed E-state index contributed by atoms with van der Waals surface area (Å²) in [6.45, 7) is 0. The number of alkyl halides is 5. The molecule has 0 bridgehead atoms. The maximum absolute atomic E-state index is 12.0. The van der Waals surface area contributed by atoms with Gasteiger partial charge in [0.05, 0.1) is 14.1 Å². The van der Waals surface area contributed by atoms with Crippen molar-refractivity contribution in [1.82, 2.24) is 4.13 Å². The minimum absolute atomic E-state index is 0.450. The first-order valence-electron chi connectivity index (χ1n) is 3.78. The largest absolute Gasteiger partial charge is 0.471 e. The number of sulfonamides is 1. The lowest BCUT2D eigenvalue weighted by Crippen LogP contribution is -2.74. The van der Waals surface area contributed by atoms with Gasteiger partial charge in [-0.15, -0.1) is 0 Å². The SMILES string of the molecule is C[NH2+]C.O=S(=O)(F)NS(=O)(=O)C(F)(F)C(F)(F)F. The number of halogens is 6. The second-order valence-corrected chi connectivity index (χ2v) is 5.68. The molecule has 0 radical (unpaired) electrons. The molecule has 0 aliphatic heterocycles. The van der Waals surface area contributed by atoms with E-state index in [-0.39, 0.29) is 0 Å². The number of quaternary nitrogens is 1. The fourth-order valence-corrected chi connectivity index (χ4v) is 2.11. The third-order valence-electron chi connectivity index (χ3n) is 0.877. The molecule has 0 rings (SSSR count). The average molecular weight is 327 g/mol. The molecule has 0 spiro atoms. The second-order valence-electron chi connectivity index (χ2n) is 2.62. The van der Waals surface area contributed by atoms with Crippen LogP contribution in [0.3, 0.4) is 0 Å². The van der Waals surface area contributed by atoms with Crippen LogP contribution in [0, 0.1) is 0 Å². The topological polar surface area (TPSA) is 96.9 Å². The molecule has 0 heterocycles. The Bertz CT molecular complexity index is 454. The number of rotatable bonds is 3. The van der Waals surface area contributed by atoms with Crippen molar-refractivity contribution in [3.8, 4) is 0 Å². The summed E-state index contributed by atoms with van der Waals surface area (Å²) in [5.74, 6) is 0. The molecule has 0 atom stereocenters. The van der Waals surface area contributed by atoms with Crippen molar-refractivity contribution in [2.24, 2.45) is 0 Å². The molecule has 0 saturated carbocycles. The lowest BCUT2D eigenvalue weighted by Gasteiger charge is -2.18. The van der Waals surface area contributed by atoms with Gasteiger partial charge in [0, 0.05) is 0 Å². The third-order valence-corrected chi connectivity index (χ3v) is 3.46. The molecule has 6 nitrogen and oxygen atoms in total. The number of nitrogens with one attached hydrogen (secondary N) is 1. The van der Waals surface area contributed by atoms with Crippen molar-refractivity contribution in [3.05, 3.63) is 0 Å². The van der Waals surface area contributed by atoms with E-state index in [4.69, 9.17) is 0 Å². The van der Waals surface area contributed by atoms with Crippen LogP contribution in [0.15, 0.2) is 0 Å². The lowest BCUT2D eigenvalue weighted by atomic mass is 10.7. The van der Waals surface area contributed by atoms with E-state index in [0.29, 0.717) is 0 Å². The average Bonchev–Trinajstić information content (AvgIpc) is 1.97. The normalized spacial score (nSPS) is 13.8. The third kappa shape index (κ3) is 5.83. The molecule has 18 heavy (non-hydrogen) atoms. The van der Waals surface area contributed by atoms with E-state index in [1.807, 2.05) is 19.4 Å². The maximum Gasteiger partial charge on any atom is 0.471 e. The fourth-order valence-electron chi connectivity index (χ4n) is 0.336.